The van der Waals surface area contributed by atoms with E-state index in [1.807, 2.05) is 24.3 Å². The highest BCUT2D eigenvalue weighted by molar-refractivity contribution is 5.97. The molecule has 27 heavy (non-hydrogen) atoms. The van der Waals surface area contributed by atoms with E-state index in [1.165, 1.54) is 6.42 Å². The molecule has 0 heterocycles. The molecule has 1 amide bonds. The molecular formula is C22H36N2O3. The molecule has 0 saturated heterocycles. The first-order valence-corrected chi connectivity index (χ1v) is 10.3. The van der Waals surface area contributed by atoms with Crippen LogP contribution in [0, 0.1) is 5.92 Å². The Morgan fingerprint density at radius 3 is 2.63 bits per heavy atom. The van der Waals surface area contributed by atoms with Gasteiger partial charge in [0.2, 0.25) is 0 Å². The second-order valence-electron chi connectivity index (χ2n) is 8.03. The van der Waals surface area contributed by atoms with E-state index in [9.17, 15) is 4.79 Å². The van der Waals surface area contributed by atoms with Crippen molar-refractivity contribution >= 4 is 11.6 Å². The molecule has 1 saturated carbocycles. The maximum absolute atomic E-state index is 13.0. The molecule has 1 N–H and O–H groups in total. The van der Waals surface area contributed by atoms with E-state index in [1.54, 1.807) is 0 Å². The summed E-state index contributed by atoms with van der Waals surface area (Å²) in [5.74, 6) is 1.33. The van der Waals surface area contributed by atoms with E-state index < -0.39 is 5.60 Å². The zero-order chi connectivity index (χ0) is 19.7. The lowest BCUT2D eigenvalue weighted by Crippen LogP contribution is -2.48. The van der Waals surface area contributed by atoms with E-state index in [0.717, 1.165) is 50.1 Å². The minimum absolute atomic E-state index is 0.0119. The van der Waals surface area contributed by atoms with E-state index in [-0.39, 0.29) is 5.91 Å². The standard InChI is InChI=1S/C22H36N2O3/c1-5-15-27-22(13-6-8-18(2)17-22)21(25)23-19-9-11-20(12-10-19)26-16-7-14-24(3)4/h9-12,18H,5-8,13-17H2,1-4H3,(H,23,25)/t18-,22-/m0/s1. The van der Waals surface area contributed by atoms with Crippen molar-refractivity contribution < 1.29 is 14.3 Å². The molecule has 1 aromatic rings. The molecule has 0 spiro atoms. The quantitative estimate of drug-likeness (QED) is 0.618. The summed E-state index contributed by atoms with van der Waals surface area (Å²) in [5.41, 5.74) is 0.105. The van der Waals surface area contributed by atoms with Crippen molar-refractivity contribution in [3.8, 4) is 5.75 Å². The Bertz CT molecular complexity index is 573. The second kappa shape index (κ2) is 10.7. The number of carbonyl (C=O) groups is 1. The molecule has 1 aromatic carbocycles. The summed E-state index contributed by atoms with van der Waals surface area (Å²) in [6.45, 7) is 6.61. The van der Waals surface area contributed by atoms with E-state index in [0.29, 0.717) is 19.1 Å². The molecule has 0 bridgehead atoms. The molecule has 152 valence electrons. The zero-order valence-electron chi connectivity index (χ0n) is 17.4. The Morgan fingerprint density at radius 2 is 2.00 bits per heavy atom. The van der Waals surface area contributed by atoms with Crippen LogP contribution in [0.1, 0.15) is 52.4 Å². The van der Waals surface area contributed by atoms with Gasteiger partial charge in [-0.15, -0.1) is 0 Å². The SMILES string of the molecule is CCCO[C@@]1(C(=O)Nc2ccc(OCCCN(C)C)cc2)CCC[C@H](C)C1. The highest BCUT2D eigenvalue weighted by atomic mass is 16.5. The summed E-state index contributed by atoms with van der Waals surface area (Å²) in [4.78, 5) is 15.2. The Balaban J connectivity index is 1.92. The van der Waals surface area contributed by atoms with Crippen molar-refractivity contribution in [2.45, 2.75) is 58.0 Å². The van der Waals surface area contributed by atoms with Crippen LogP contribution in [0.4, 0.5) is 5.69 Å². The van der Waals surface area contributed by atoms with Crippen LogP contribution < -0.4 is 10.1 Å². The predicted octanol–water partition coefficient (Wildman–Crippen LogP) is 4.33. The topological polar surface area (TPSA) is 50.8 Å². The minimum Gasteiger partial charge on any atom is -0.494 e. The number of carbonyl (C=O) groups excluding carboxylic acids is 1. The summed E-state index contributed by atoms with van der Waals surface area (Å²) in [7, 11) is 4.11. The van der Waals surface area contributed by atoms with Gasteiger partial charge in [-0.05, 0) is 76.4 Å². The fourth-order valence-electron chi connectivity index (χ4n) is 3.65. The van der Waals surface area contributed by atoms with Crippen LogP contribution in [0.25, 0.3) is 0 Å². The molecule has 5 nitrogen and oxygen atoms in total. The number of nitrogens with zero attached hydrogens (tertiary/aromatic N) is 1. The highest BCUT2D eigenvalue weighted by Gasteiger charge is 2.42. The minimum atomic E-state index is -0.685. The van der Waals surface area contributed by atoms with Crippen LogP contribution in [0.15, 0.2) is 24.3 Å². The Hall–Kier alpha value is -1.59. The molecule has 0 radical (unpaired) electrons. The first-order valence-electron chi connectivity index (χ1n) is 10.3. The lowest BCUT2D eigenvalue weighted by Gasteiger charge is -2.38. The lowest BCUT2D eigenvalue weighted by atomic mass is 9.78. The van der Waals surface area contributed by atoms with Gasteiger partial charge in [-0.1, -0.05) is 20.3 Å². The molecule has 1 aliphatic rings. The number of hydrogen-bond donors (Lipinski definition) is 1. The van der Waals surface area contributed by atoms with E-state index in [4.69, 9.17) is 9.47 Å². The molecule has 1 aliphatic carbocycles. The smallest absolute Gasteiger partial charge is 0.256 e. The van der Waals surface area contributed by atoms with Gasteiger partial charge in [0.25, 0.3) is 5.91 Å². The molecular weight excluding hydrogens is 340 g/mol. The molecule has 1 fully saturated rings. The monoisotopic (exact) mass is 376 g/mol. The fraction of sp³-hybridized carbons (Fsp3) is 0.682. The number of rotatable bonds is 10. The van der Waals surface area contributed by atoms with Crippen molar-refractivity contribution in [1.82, 2.24) is 4.90 Å². The fourth-order valence-corrected chi connectivity index (χ4v) is 3.65. The van der Waals surface area contributed by atoms with Gasteiger partial charge in [0.05, 0.1) is 6.61 Å². The Labute approximate surface area is 164 Å². The third kappa shape index (κ3) is 6.82. The summed E-state index contributed by atoms with van der Waals surface area (Å²) in [6.07, 6.45) is 5.72. The van der Waals surface area contributed by atoms with E-state index in [2.05, 4.69) is 38.2 Å². The average Bonchev–Trinajstić information content (AvgIpc) is 2.64. The maximum Gasteiger partial charge on any atom is 0.256 e. The van der Waals surface area contributed by atoms with Crippen LogP contribution in [0.3, 0.4) is 0 Å². The average molecular weight is 377 g/mol. The number of hydrogen-bond acceptors (Lipinski definition) is 4. The Kier molecular flexibility index (Phi) is 8.58. The van der Waals surface area contributed by atoms with E-state index >= 15 is 0 Å². The third-order valence-corrected chi connectivity index (χ3v) is 5.08. The van der Waals surface area contributed by atoms with Gasteiger partial charge in [-0.2, -0.15) is 0 Å². The number of ether oxygens (including phenoxy) is 2. The summed E-state index contributed by atoms with van der Waals surface area (Å²) < 4.78 is 11.8. The highest BCUT2D eigenvalue weighted by Crippen LogP contribution is 2.36. The van der Waals surface area contributed by atoms with Crippen molar-refractivity contribution in [1.29, 1.82) is 0 Å². The first-order chi connectivity index (χ1) is 12.9. The molecule has 0 unspecified atom stereocenters. The van der Waals surface area contributed by atoms with Gasteiger partial charge in [0.1, 0.15) is 11.4 Å². The molecule has 2 rings (SSSR count). The molecule has 5 heteroatoms. The number of nitrogens with one attached hydrogen (secondary N) is 1. The number of anilines is 1. The first kappa shape index (κ1) is 21.7. The van der Waals surface area contributed by atoms with Crippen LogP contribution in [0.5, 0.6) is 5.75 Å². The van der Waals surface area contributed by atoms with Gasteiger partial charge < -0.3 is 19.7 Å². The number of amides is 1. The van der Waals surface area contributed by atoms with Crippen molar-refractivity contribution in [3.63, 3.8) is 0 Å². The third-order valence-electron chi connectivity index (χ3n) is 5.08. The molecule has 0 aromatic heterocycles. The van der Waals surface area contributed by atoms with Crippen LogP contribution in [-0.4, -0.2) is 50.3 Å². The second-order valence-corrected chi connectivity index (χ2v) is 8.03. The van der Waals surface area contributed by atoms with Crippen molar-refractivity contribution in [2.75, 3.05) is 39.2 Å². The Morgan fingerprint density at radius 1 is 1.26 bits per heavy atom. The largest absolute Gasteiger partial charge is 0.494 e. The van der Waals surface area contributed by atoms with Crippen molar-refractivity contribution in [3.05, 3.63) is 24.3 Å². The maximum atomic E-state index is 13.0. The summed E-state index contributed by atoms with van der Waals surface area (Å²) >= 11 is 0. The summed E-state index contributed by atoms with van der Waals surface area (Å²) in [5, 5.41) is 3.07. The predicted molar refractivity (Wildman–Crippen MR) is 110 cm³/mol. The molecule has 0 aliphatic heterocycles. The van der Waals surface area contributed by atoms with Gasteiger partial charge >= 0.3 is 0 Å². The normalized spacial score (nSPS) is 22.6. The zero-order valence-corrected chi connectivity index (χ0v) is 17.4. The van der Waals surface area contributed by atoms with Crippen LogP contribution in [0.2, 0.25) is 0 Å². The van der Waals surface area contributed by atoms with Crippen LogP contribution in [-0.2, 0) is 9.53 Å². The lowest BCUT2D eigenvalue weighted by molar-refractivity contribution is -0.148. The van der Waals surface area contributed by atoms with Crippen LogP contribution >= 0.6 is 0 Å². The van der Waals surface area contributed by atoms with Crippen molar-refractivity contribution in [2.24, 2.45) is 5.92 Å². The van der Waals surface area contributed by atoms with Gasteiger partial charge in [-0.25, -0.2) is 0 Å². The summed E-state index contributed by atoms with van der Waals surface area (Å²) in [6, 6.07) is 7.63. The van der Waals surface area contributed by atoms with Gasteiger partial charge in [0.15, 0.2) is 0 Å². The van der Waals surface area contributed by atoms with Gasteiger partial charge in [0, 0.05) is 18.8 Å². The van der Waals surface area contributed by atoms with Gasteiger partial charge in [-0.3, -0.25) is 4.79 Å². The number of benzene rings is 1. The molecule has 2 atom stereocenters.